The maximum Gasteiger partial charge on any atom is 0.341 e. The Hall–Kier alpha value is -4.11. The van der Waals surface area contributed by atoms with Crippen molar-refractivity contribution in [3.63, 3.8) is 0 Å². The fourth-order valence-electron chi connectivity index (χ4n) is 6.39. The summed E-state index contributed by atoms with van der Waals surface area (Å²) in [5, 5.41) is 7.69. The van der Waals surface area contributed by atoms with Gasteiger partial charge in [0.2, 0.25) is 0 Å². The number of nitrogens with one attached hydrogen (secondary N) is 2. The van der Waals surface area contributed by atoms with E-state index in [-0.39, 0.29) is 17.7 Å². The number of hydrazine groups is 1. The van der Waals surface area contributed by atoms with Gasteiger partial charge >= 0.3 is 5.97 Å². The molecule has 222 valence electrons. The van der Waals surface area contributed by atoms with Crippen LogP contribution < -0.4 is 16.6 Å². The van der Waals surface area contributed by atoms with Gasteiger partial charge in [-0.1, -0.05) is 31.5 Å². The third kappa shape index (κ3) is 5.92. The molecule has 1 aliphatic heterocycles. The number of carbonyl (C=O) groups is 2. The zero-order chi connectivity index (χ0) is 29.8. The van der Waals surface area contributed by atoms with E-state index in [0.29, 0.717) is 17.2 Å². The average molecular weight is 571 g/mol. The van der Waals surface area contributed by atoms with Crippen molar-refractivity contribution in [2.45, 2.75) is 64.3 Å². The molecule has 0 unspecified atom stereocenters. The largest absolute Gasteiger partial charge is 0.465 e. The second kappa shape index (κ2) is 12.8. The van der Waals surface area contributed by atoms with Gasteiger partial charge < -0.3 is 20.4 Å². The lowest BCUT2D eigenvalue weighted by Gasteiger charge is -2.36. The highest BCUT2D eigenvalue weighted by Gasteiger charge is 2.45. The van der Waals surface area contributed by atoms with E-state index in [9.17, 15) is 9.59 Å². The smallest absolute Gasteiger partial charge is 0.341 e. The van der Waals surface area contributed by atoms with Crippen LogP contribution in [0.1, 0.15) is 83.3 Å². The second-order valence-electron chi connectivity index (χ2n) is 11.4. The maximum absolute atomic E-state index is 13.6. The Morgan fingerprint density at radius 2 is 2.00 bits per heavy atom. The van der Waals surface area contributed by atoms with Crippen LogP contribution in [0.5, 0.6) is 0 Å². The summed E-state index contributed by atoms with van der Waals surface area (Å²) in [6.07, 6.45) is 9.69. The zero-order valence-electron chi connectivity index (χ0n) is 25.0. The number of likely N-dealkylation sites (tertiary alicyclic amines) is 1. The molecule has 42 heavy (non-hydrogen) atoms. The summed E-state index contributed by atoms with van der Waals surface area (Å²) in [7, 11) is 3.21. The molecule has 2 aromatic carbocycles. The predicted octanol–water partition coefficient (Wildman–Crippen LogP) is 5.06. The fourth-order valence-corrected chi connectivity index (χ4v) is 6.39. The maximum atomic E-state index is 13.6. The third-order valence-electron chi connectivity index (χ3n) is 8.48. The lowest BCUT2D eigenvalue weighted by molar-refractivity contribution is 0.0592. The number of nitrogens with two attached hydrogens (primary N) is 1. The Morgan fingerprint density at radius 1 is 1.17 bits per heavy atom. The quantitative estimate of drug-likeness (QED) is 0.177. The first kappa shape index (κ1) is 29.4. The number of aromatic nitrogens is 2. The number of nitrogens with zero attached hydrogens (tertiary/aromatic N) is 3. The highest BCUT2D eigenvalue weighted by atomic mass is 16.5. The summed E-state index contributed by atoms with van der Waals surface area (Å²) in [6, 6.07) is 14.5. The van der Waals surface area contributed by atoms with Crippen LogP contribution in [-0.4, -0.2) is 53.3 Å². The molecular formula is C33H42N6O3. The molecule has 2 aliphatic rings. The van der Waals surface area contributed by atoms with Crippen molar-refractivity contribution in [2.24, 2.45) is 11.8 Å². The lowest BCUT2D eigenvalue weighted by Crippen LogP contribution is -2.43. The highest BCUT2D eigenvalue weighted by Crippen LogP contribution is 2.52. The first-order valence-electron chi connectivity index (χ1n) is 14.9. The predicted molar refractivity (Wildman–Crippen MR) is 164 cm³/mol. The zero-order valence-corrected chi connectivity index (χ0v) is 25.0. The van der Waals surface area contributed by atoms with E-state index in [4.69, 9.17) is 10.6 Å². The van der Waals surface area contributed by atoms with E-state index in [1.807, 2.05) is 49.1 Å². The molecule has 3 atom stereocenters. The first-order valence-corrected chi connectivity index (χ1v) is 14.9. The van der Waals surface area contributed by atoms with Gasteiger partial charge in [0.05, 0.1) is 24.7 Å². The minimum atomic E-state index is -0.417. The SMILES string of the molecule is CCC[C@@H]1CCCCN1C(=O)c1cccc(-c2cc(C)cc(-n3ncc(C(=O)OC)c3[C@@H]3C[C@H]3/C(=C/NC)NN)c2)c1. The molecule has 2 fully saturated rings. The molecule has 4 N–H and O–H groups in total. The van der Waals surface area contributed by atoms with Crippen LogP contribution in [-0.2, 0) is 4.74 Å². The van der Waals surface area contributed by atoms with E-state index in [1.54, 1.807) is 6.20 Å². The number of methoxy groups -OCH3 is 1. The summed E-state index contributed by atoms with van der Waals surface area (Å²) in [5.41, 5.74) is 9.46. The van der Waals surface area contributed by atoms with Crippen molar-refractivity contribution < 1.29 is 14.3 Å². The van der Waals surface area contributed by atoms with E-state index in [0.717, 1.165) is 72.4 Å². The molecule has 1 saturated heterocycles. The van der Waals surface area contributed by atoms with Crippen LogP contribution in [0.4, 0.5) is 0 Å². The number of ether oxygens (including phenoxy) is 1. The highest BCUT2D eigenvalue weighted by molar-refractivity contribution is 5.96. The number of hydrogen-bond donors (Lipinski definition) is 3. The van der Waals surface area contributed by atoms with Gasteiger partial charge in [-0.25, -0.2) is 9.48 Å². The fraction of sp³-hybridized carbons (Fsp3) is 0.424. The molecule has 5 rings (SSSR count). The van der Waals surface area contributed by atoms with E-state index >= 15 is 0 Å². The van der Waals surface area contributed by atoms with Crippen molar-refractivity contribution in [3.05, 3.63) is 82.9 Å². The number of amides is 1. The summed E-state index contributed by atoms with van der Waals surface area (Å²) in [5.74, 6) is 5.66. The van der Waals surface area contributed by atoms with E-state index in [1.165, 1.54) is 13.5 Å². The summed E-state index contributed by atoms with van der Waals surface area (Å²) >= 11 is 0. The summed E-state index contributed by atoms with van der Waals surface area (Å²) < 4.78 is 6.95. The number of piperidine rings is 1. The van der Waals surface area contributed by atoms with Crippen LogP contribution in [0.2, 0.25) is 0 Å². The Kier molecular flexibility index (Phi) is 8.97. The minimum Gasteiger partial charge on any atom is -0.465 e. The van der Waals surface area contributed by atoms with Crippen LogP contribution in [0.3, 0.4) is 0 Å². The number of aryl methyl sites for hydroxylation is 1. The number of esters is 1. The second-order valence-corrected chi connectivity index (χ2v) is 11.4. The molecule has 2 heterocycles. The molecule has 9 nitrogen and oxygen atoms in total. The Balaban J connectivity index is 1.50. The third-order valence-corrected chi connectivity index (χ3v) is 8.48. The average Bonchev–Trinajstić information content (AvgIpc) is 3.67. The summed E-state index contributed by atoms with van der Waals surface area (Å²) in [4.78, 5) is 28.5. The number of rotatable bonds is 10. The van der Waals surface area contributed by atoms with Crippen LogP contribution in [0.25, 0.3) is 16.8 Å². The van der Waals surface area contributed by atoms with Gasteiger partial charge in [-0.05, 0) is 80.0 Å². The molecule has 9 heteroatoms. The standard InChI is InChI=1S/C33H42N6O3/c1-5-9-25-12-6-7-13-38(25)32(40)23-11-8-10-22(16-23)24-14-21(2)15-26(17-24)39-31(29(19-36-39)33(41)42-4)28-18-27(28)30(37-34)20-35-3/h8,10-11,14-17,19-20,25,27-28,35,37H,5-7,9,12-13,18,34H2,1-4H3/b30-20-/t25-,27-,28-/m1/s1. The monoisotopic (exact) mass is 570 g/mol. The van der Waals surface area contributed by atoms with Gasteiger partial charge in [-0.2, -0.15) is 5.10 Å². The first-order chi connectivity index (χ1) is 20.4. The van der Waals surface area contributed by atoms with Gasteiger partial charge in [0.1, 0.15) is 5.56 Å². The van der Waals surface area contributed by atoms with Crippen molar-refractivity contribution in [1.82, 2.24) is 25.4 Å². The number of hydrogen-bond acceptors (Lipinski definition) is 7. The van der Waals surface area contributed by atoms with Gasteiger partial charge in [-0.3, -0.25) is 10.6 Å². The van der Waals surface area contributed by atoms with Crippen molar-refractivity contribution in [2.75, 3.05) is 20.7 Å². The molecule has 1 saturated carbocycles. The molecule has 1 amide bonds. The van der Waals surface area contributed by atoms with E-state index in [2.05, 4.69) is 45.9 Å². The number of allylic oxidation sites excluding steroid dienone is 1. The molecular weight excluding hydrogens is 528 g/mol. The Labute approximate surface area is 248 Å². The van der Waals surface area contributed by atoms with Gasteiger partial charge in [-0.15, -0.1) is 0 Å². The Morgan fingerprint density at radius 3 is 2.74 bits per heavy atom. The molecule has 3 aromatic rings. The Bertz CT molecular complexity index is 1480. The molecule has 0 bridgehead atoms. The molecule has 0 radical (unpaired) electrons. The topological polar surface area (TPSA) is 115 Å². The van der Waals surface area contributed by atoms with Crippen molar-refractivity contribution in [3.8, 4) is 16.8 Å². The molecule has 0 spiro atoms. The van der Waals surface area contributed by atoms with Gasteiger partial charge in [0.15, 0.2) is 0 Å². The molecule has 1 aliphatic carbocycles. The van der Waals surface area contributed by atoms with Gasteiger partial charge in [0, 0.05) is 48.9 Å². The molecule has 1 aromatic heterocycles. The van der Waals surface area contributed by atoms with Crippen molar-refractivity contribution in [1.29, 1.82) is 0 Å². The number of benzene rings is 2. The number of carbonyl (C=O) groups excluding carboxylic acids is 2. The van der Waals surface area contributed by atoms with Crippen LogP contribution in [0.15, 0.2) is 60.6 Å². The normalized spacial score (nSPS) is 20.3. The van der Waals surface area contributed by atoms with Gasteiger partial charge in [0.25, 0.3) is 5.91 Å². The van der Waals surface area contributed by atoms with Crippen LogP contribution in [0, 0.1) is 12.8 Å². The van der Waals surface area contributed by atoms with Crippen LogP contribution >= 0.6 is 0 Å². The summed E-state index contributed by atoms with van der Waals surface area (Å²) in [6.45, 7) is 5.05. The van der Waals surface area contributed by atoms with E-state index < -0.39 is 5.97 Å². The lowest BCUT2D eigenvalue weighted by atomic mass is 9.96. The van der Waals surface area contributed by atoms with Crippen molar-refractivity contribution >= 4 is 11.9 Å². The minimum absolute atomic E-state index is 0.0442.